The highest BCUT2D eigenvalue weighted by Gasteiger charge is 2.12. The lowest BCUT2D eigenvalue weighted by Gasteiger charge is -2.10. The number of hydrogen-bond donors (Lipinski definition) is 1. The average molecular weight is 191 g/mol. The Balaban J connectivity index is 0. The maximum absolute atomic E-state index is 11.0. The predicted molar refractivity (Wildman–Crippen MR) is 57.6 cm³/mol. The molecule has 0 aromatic carbocycles. The van der Waals surface area contributed by atoms with Gasteiger partial charge in [0, 0.05) is 7.05 Å². The van der Waals surface area contributed by atoms with Crippen LogP contribution < -0.4 is 5.32 Å². The normalized spacial score (nSPS) is 11.1. The van der Waals surface area contributed by atoms with Crippen molar-refractivity contribution in [3.05, 3.63) is 0 Å². The summed E-state index contributed by atoms with van der Waals surface area (Å²) < 4.78 is 0. The molecule has 3 heteroatoms. The molecular formula is C9H21NOS. The molecule has 0 heterocycles. The lowest BCUT2D eigenvalue weighted by atomic mass is 10.3. The van der Waals surface area contributed by atoms with Crippen molar-refractivity contribution in [2.24, 2.45) is 0 Å². The zero-order valence-corrected chi connectivity index (χ0v) is 9.62. The van der Waals surface area contributed by atoms with Gasteiger partial charge in [0.2, 0.25) is 5.91 Å². The minimum absolute atomic E-state index is 0.148. The Bertz CT molecular complexity index is 107. The number of hydrogen-bond acceptors (Lipinski definition) is 2. The van der Waals surface area contributed by atoms with E-state index in [0.29, 0.717) is 0 Å². The molecule has 0 spiro atoms. The van der Waals surface area contributed by atoms with Gasteiger partial charge in [0.15, 0.2) is 0 Å². The van der Waals surface area contributed by atoms with Crippen LogP contribution in [-0.2, 0) is 4.79 Å². The fraction of sp³-hybridized carbons (Fsp3) is 0.889. The highest BCUT2D eigenvalue weighted by Crippen LogP contribution is 2.13. The minimum Gasteiger partial charge on any atom is -0.358 e. The highest BCUT2D eigenvalue weighted by atomic mass is 32.2. The predicted octanol–water partition coefficient (Wildman–Crippen LogP) is 2.29. The van der Waals surface area contributed by atoms with Crippen molar-refractivity contribution in [3.8, 4) is 0 Å². The summed E-state index contributed by atoms with van der Waals surface area (Å²) in [6.07, 6.45) is 0.915. The van der Waals surface area contributed by atoms with E-state index >= 15 is 0 Å². The number of nitrogens with one attached hydrogen (secondary N) is 1. The van der Waals surface area contributed by atoms with Crippen LogP contribution in [0.4, 0.5) is 0 Å². The summed E-state index contributed by atoms with van der Waals surface area (Å²) in [4.78, 5) is 11.0. The molecule has 0 saturated carbocycles. The van der Waals surface area contributed by atoms with E-state index in [1.165, 1.54) is 0 Å². The summed E-state index contributed by atoms with van der Waals surface area (Å²) in [5.74, 6) is 1.15. The Morgan fingerprint density at radius 1 is 1.42 bits per heavy atom. The van der Waals surface area contributed by atoms with Crippen molar-refractivity contribution < 1.29 is 4.79 Å². The second-order valence-electron chi connectivity index (χ2n) is 1.97. The van der Waals surface area contributed by atoms with Crippen molar-refractivity contribution in [1.82, 2.24) is 5.32 Å². The molecular weight excluding hydrogens is 170 g/mol. The lowest BCUT2D eigenvalue weighted by Crippen LogP contribution is -2.29. The molecule has 0 aliphatic carbocycles. The van der Waals surface area contributed by atoms with Crippen LogP contribution in [0.25, 0.3) is 0 Å². The summed E-state index contributed by atoms with van der Waals surface area (Å²) in [5, 5.41) is 2.79. The topological polar surface area (TPSA) is 29.1 Å². The summed E-state index contributed by atoms with van der Waals surface area (Å²) >= 11 is 1.70. The number of thioether (sulfide) groups is 1. The first-order valence-electron chi connectivity index (χ1n) is 4.59. The van der Waals surface area contributed by atoms with Crippen LogP contribution in [0.2, 0.25) is 0 Å². The minimum atomic E-state index is 0.148. The van der Waals surface area contributed by atoms with Crippen molar-refractivity contribution in [1.29, 1.82) is 0 Å². The zero-order valence-electron chi connectivity index (χ0n) is 8.81. The first-order chi connectivity index (χ1) is 5.76. The van der Waals surface area contributed by atoms with E-state index in [-0.39, 0.29) is 11.2 Å². The van der Waals surface area contributed by atoms with E-state index in [0.717, 1.165) is 12.2 Å². The van der Waals surface area contributed by atoms with Gasteiger partial charge in [0.05, 0.1) is 5.25 Å². The van der Waals surface area contributed by atoms with E-state index < -0.39 is 0 Å². The molecule has 0 fully saturated rings. The van der Waals surface area contributed by atoms with Gasteiger partial charge in [-0.1, -0.05) is 27.7 Å². The van der Waals surface area contributed by atoms with Crippen LogP contribution in [0, 0.1) is 0 Å². The van der Waals surface area contributed by atoms with E-state index in [2.05, 4.69) is 12.2 Å². The molecule has 0 aliphatic heterocycles. The van der Waals surface area contributed by atoms with Crippen molar-refractivity contribution in [3.63, 3.8) is 0 Å². The van der Waals surface area contributed by atoms with Crippen LogP contribution in [0.15, 0.2) is 0 Å². The molecule has 74 valence electrons. The molecule has 2 nitrogen and oxygen atoms in total. The van der Waals surface area contributed by atoms with Crippen molar-refractivity contribution in [2.45, 2.75) is 39.4 Å². The van der Waals surface area contributed by atoms with Crippen LogP contribution in [0.1, 0.15) is 34.1 Å². The second-order valence-corrected chi connectivity index (χ2v) is 3.45. The molecule has 1 atom stereocenters. The maximum Gasteiger partial charge on any atom is 0.232 e. The van der Waals surface area contributed by atoms with Crippen LogP contribution in [0.5, 0.6) is 0 Å². The van der Waals surface area contributed by atoms with Gasteiger partial charge in [0.1, 0.15) is 0 Å². The molecule has 0 rings (SSSR count). The summed E-state index contributed by atoms with van der Waals surface area (Å²) in [6, 6.07) is 0. The molecule has 1 N–H and O–H groups in total. The van der Waals surface area contributed by atoms with Gasteiger partial charge in [0.25, 0.3) is 0 Å². The average Bonchev–Trinajstić information content (AvgIpc) is 2.16. The molecule has 1 unspecified atom stereocenters. The zero-order chi connectivity index (χ0) is 9.98. The smallest absolute Gasteiger partial charge is 0.232 e. The Morgan fingerprint density at radius 3 is 2.17 bits per heavy atom. The van der Waals surface area contributed by atoms with E-state index in [1.807, 2.05) is 20.8 Å². The van der Waals surface area contributed by atoms with Gasteiger partial charge in [-0.3, -0.25) is 4.79 Å². The van der Waals surface area contributed by atoms with E-state index in [1.54, 1.807) is 18.8 Å². The quantitative estimate of drug-likeness (QED) is 0.738. The Kier molecular flexibility index (Phi) is 12.9. The van der Waals surface area contributed by atoms with Gasteiger partial charge >= 0.3 is 0 Å². The van der Waals surface area contributed by atoms with E-state index in [9.17, 15) is 4.79 Å². The van der Waals surface area contributed by atoms with Gasteiger partial charge < -0.3 is 5.32 Å². The third-order valence-electron chi connectivity index (χ3n) is 1.28. The fourth-order valence-corrected chi connectivity index (χ4v) is 1.65. The number of carbonyl (C=O) groups is 1. The van der Waals surface area contributed by atoms with Crippen LogP contribution in [0.3, 0.4) is 0 Å². The first-order valence-corrected chi connectivity index (χ1v) is 5.64. The van der Waals surface area contributed by atoms with Crippen LogP contribution >= 0.6 is 11.8 Å². The van der Waals surface area contributed by atoms with Gasteiger partial charge in [-0.25, -0.2) is 0 Å². The monoisotopic (exact) mass is 191 g/mol. The molecule has 1 amide bonds. The summed E-state index contributed by atoms with van der Waals surface area (Å²) in [7, 11) is 1.68. The molecule has 0 radical (unpaired) electrons. The van der Waals surface area contributed by atoms with Gasteiger partial charge in [-0.2, -0.15) is 0 Å². The van der Waals surface area contributed by atoms with Gasteiger partial charge in [-0.05, 0) is 12.2 Å². The Hall–Kier alpha value is -0.180. The third-order valence-corrected chi connectivity index (χ3v) is 2.56. The largest absolute Gasteiger partial charge is 0.358 e. The van der Waals surface area contributed by atoms with Crippen LogP contribution in [-0.4, -0.2) is 24.0 Å². The fourth-order valence-electron chi connectivity index (χ4n) is 0.741. The lowest BCUT2D eigenvalue weighted by molar-refractivity contribution is -0.120. The summed E-state index contributed by atoms with van der Waals surface area (Å²) in [6.45, 7) is 8.10. The third kappa shape index (κ3) is 6.53. The van der Waals surface area contributed by atoms with E-state index in [4.69, 9.17) is 0 Å². The van der Waals surface area contributed by atoms with Crippen molar-refractivity contribution >= 4 is 17.7 Å². The molecule has 12 heavy (non-hydrogen) atoms. The highest BCUT2D eigenvalue weighted by molar-refractivity contribution is 8.00. The number of rotatable bonds is 4. The number of amides is 1. The molecule has 0 aromatic rings. The summed E-state index contributed by atoms with van der Waals surface area (Å²) in [5.41, 5.74) is 0. The molecule has 0 aliphatic rings. The SMILES string of the molecule is CC.CCSC(CC)C(=O)NC. The van der Waals surface area contributed by atoms with Gasteiger partial charge in [-0.15, -0.1) is 11.8 Å². The van der Waals surface area contributed by atoms with Crippen molar-refractivity contribution in [2.75, 3.05) is 12.8 Å². The first kappa shape index (κ1) is 14.3. The maximum atomic E-state index is 11.0. The Morgan fingerprint density at radius 2 is 1.92 bits per heavy atom. The Labute approximate surface area is 80.5 Å². The molecule has 0 saturated heterocycles. The second kappa shape index (κ2) is 10.8. The molecule has 0 aromatic heterocycles. The standard InChI is InChI=1S/C7H15NOS.C2H6/c1-4-6(10-5-2)7(9)8-3;1-2/h6H,4-5H2,1-3H3,(H,8,9);1-2H3. The molecule has 0 bridgehead atoms. The number of carbonyl (C=O) groups excluding carboxylic acids is 1.